The van der Waals surface area contributed by atoms with Crippen molar-refractivity contribution in [1.82, 2.24) is 26.2 Å². The van der Waals surface area contributed by atoms with E-state index in [4.69, 9.17) is 0 Å². The molecule has 2 heterocycles. The summed E-state index contributed by atoms with van der Waals surface area (Å²) >= 11 is 0. The van der Waals surface area contributed by atoms with E-state index in [1.165, 1.54) is 19.3 Å². The second-order valence-corrected chi connectivity index (χ2v) is 12.7. The third-order valence-corrected chi connectivity index (χ3v) is 8.49. The molecule has 1 saturated carbocycles. The zero-order chi connectivity index (χ0) is 29.4. The maximum Gasteiger partial charge on any atom is 0.244 e. The Kier molecular flexibility index (Phi) is 11.1. The van der Waals surface area contributed by atoms with E-state index in [0.717, 1.165) is 18.4 Å². The molecule has 10 nitrogen and oxygen atoms in total. The number of hydrogen-bond donors (Lipinski definition) is 4. The largest absolute Gasteiger partial charge is 0.354 e. The number of nitrogens with one attached hydrogen (secondary N) is 4. The molecule has 0 aromatic heterocycles. The summed E-state index contributed by atoms with van der Waals surface area (Å²) in [4.78, 5) is 53.8. The molecule has 40 heavy (non-hydrogen) atoms. The van der Waals surface area contributed by atoms with Crippen LogP contribution in [-0.2, 0) is 19.2 Å². The Morgan fingerprint density at radius 2 is 1.82 bits per heavy atom. The molecule has 0 bridgehead atoms. The van der Waals surface area contributed by atoms with E-state index in [0.29, 0.717) is 38.3 Å². The van der Waals surface area contributed by atoms with Crippen LogP contribution in [0.5, 0.6) is 0 Å². The van der Waals surface area contributed by atoms with Crippen molar-refractivity contribution in [3.63, 3.8) is 0 Å². The lowest BCUT2D eigenvalue weighted by Crippen LogP contribution is -2.61. The van der Waals surface area contributed by atoms with Crippen LogP contribution < -0.4 is 21.3 Å². The smallest absolute Gasteiger partial charge is 0.244 e. The number of allylic oxidation sites excluding steroid dienone is 1. The molecule has 3 rings (SSSR count). The van der Waals surface area contributed by atoms with Crippen LogP contribution in [0.3, 0.4) is 0 Å². The minimum absolute atomic E-state index is 0.128. The molecule has 222 valence electrons. The van der Waals surface area contributed by atoms with Crippen molar-refractivity contribution in [2.45, 2.75) is 110 Å². The maximum absolute atomic E-state index is 14.3. The van der Waals surface area contributed by atoms with Crippen LogP contribution in [-0.4, -0.2) is 72.3 Å². The predicted octanol–water partition coefficient (Wildman–Crippen LogP) is 2.16. The second-order valence-electron chi connectivity index (χ2n) is 12.7. The van der Waals surface area contributed by atoms with Gasteiger partial charge >= 0.3 is 0 Å². The lowest BCUT2D eigenvalue weighted by atomic mass is 9.81. The van der Waals surface area contributed by atoms with Gasteiger partial charge in [0.15, 0.2) is 0 Å². The van der Waals surface area contributed by atoms with Gasteiger partial charge in [-0.25, -0.2) is 0 Å². The van der Waals surface area contributed by atoms with Gasteiger partial charge in [0.1, 0.15) is 18.1 Å². The summed E-state index contributed by atoms with van der Waals surface area (Å²) < 4.78 is 0. The van der Waals surface area contributed by atoms with Gasteiger partial charge in [-0.15, -0.1) is 0 Å². The zero-order valence-electron chi connectivity index (χ0n) is 24.8. The summed E-state index contributed by atoms with van der Waals surface area (Å²) in [5, 5.41) is 21.3. The highest BCUT2D eigenvalue weighted by atomic mass is 16.2. The Hall–Kier alpha value is -2.93. The standard InChI is InChI=1S/C30H48N6O4/c1-19(2)15-22-13-14-36(25(22)28(39)34-20(3)16-31)29(40)26(32-17-21-9-7-6-8-10-21)30(4,5)18-33-27(38)23-11-12-24(37)35-23/h15,20-23,25-26,32H,6-14,17-18H2,1-5H3,(H,33,38)(H,34,39)(H,35,37)/t20-,22+,23-,25-,26+/m0/s1. The monoisotopic (exact) mass is 556 g/mol. The Morgan fingerprint density at radius 3 is 2.42 bits per heavy atom. The van der Waals surface area contributed by atoms with Gasteiger partial charge < -0.3 is 26.2 Å². The van der Waals surface area contributed by atoms with Crippen molar-refractivity contribution in [2.24, 2.45) is 17.3 Å². The van der Waals surface area contributed by atoms with Crippen LogP contribution >= 0.6 is 0 Å². The van der Waals surface area contributed by atoms with E-state index in [1.807, 2.05) is 39.8 Å². The molecule has 1 aliphatic carbocycles. The topological polar surface area (TPSA) is 143 Å². The third-order valence-electron chi connectivity index (χ3n) is 8.49. The number of carbonyl (C=O) groups excluding carboxylic acids is 4. The average Bonchev–Trinajstić information content (AvgIpc) is 3.53. The van der Waals surface area contributed by atoms with Crippen LogP contribution in [0.4, 0.5) is 0 Å². The first-order chi connectivity index (χ1) is 18.9. The number of rotatable bonds is 11. The number of likely N-dealkylation sites (tertiary alicyclic amines) is 1. The number of amides is 4. The summed E-state index contributed by atoms with van der Waals surface area (Å²) in [6.07, 6.45) is 9.36. The van der Waals surface area contributed by atoms with Crippen molar-refractivity contribution in [2.75, 3.05) is 19.6 Å². The van der Waals surface area contributed by atoms with Crippen molar-refractivity contribution < 1.29 is 19.2 Å². The summed E-state index contributed by atoms with van der Waals surface area (Å²) in [7, 11) is 0. The second kappa shape index (κ2) is 14.1. The van der Waals surface area contributed by atoms with Gasteiger partial charge in [-0.2, -0.15) is 5.26 Å². The van der Waals surface area contributed by atoms with E-state index >= 15 is 0 Å². The fourth-order valence-electron chi connectivity index (χ4n) is 6.22. The van der Waals surface area contributed by atoms with Gasteiger partial charge in [-0.05, 0) is 58.9 Å². The normalized spacial score (nSPS) is 24.9. The van der Waals surface area contributed by atoms with Crippen LogP contribution in [0.1, 0.15) is 86.0 Å². The Bertz CT molecular complexity index is 1010. The summed E-state index contributed by atoms with van der Waals surface area (Å²) in [6, 6.07) is -0.519. The quantitative estimate of drug-likeness (QED) is 0.287. The Labute approximate surface area is 239 Å². The van der Waals surface area contributed by atoms with E-state index in [2.05, 4.69) is 21.3 Å². The summed E-state index contributed by atoms with van der Waals surface area (Å²) in [6.45, 7) is 10.8. The molecule has 0 aromatic carbocycles. The van der Waals surface area contributed by atoms with Crippen LogP contribution in [0.25, 0.3) is 0 Å². The molecule has 3 fully saturated rings. The Balaban J connectivity index is 1.82. The van der Waals surface area contributed by atoms with Crippen molar-refractivity contribution >= 4 is 23.6 Å². The van der Waals surface area contributed by atoms with E-state index in [-0.39, 0.29) is 36.1 Å². The lowest BCUT2D eigenvalue weighted by molar-refractivity contribution is -0.143. The first-order valence-corrected chi connectivity index (χ1v) is 14.9. The van der Waals surface area contributed by atoms with E-state index in [1.54, 1.807) is 11.8 Å². The molecule has 10 heteroatoms. The molecule has 3 aliphatic rings. The van der Waals surface area contributed by atoms with E-state index in [9.17, 15) is 24.4 Å². The van der Waals surface area contributed by atoms with Gasteiger partial charge in [-0.1, -0.05) is 44.8 Å². The van der Waals surface area contributed by atoms with Crippen molar-refractivity contribution in [1.29, 1.82) is 5.26 Å². The highest BCUT2D eigenvalue weighted by Gasteiger charge is 2.46. The van der Waals surface area contributed by atoms with Gasteiger partial charge in [0.05, 0.1) is 12.1 Å². The van der Waals surface area contributed by atoms with Gasteiger partial charge in [-0.3, -0.25) is 19.2 Å². The Morgan fingerprint density at radius 1 is 1.12 bits per heavy atom. The summed E-state index contributed by atoms with van der Waals surface area (Å²) in [5.41, 5.74) is 0.388. The maximum atomic E-state index is 14.3. The fraction of sp³-hybridized carbons (Fsp3) is 0.767. The fourth-order valence-corrected chi connectivity index (χ4v) is 6.22. The minimum atomic E-state index is -0.712. The molecule has 4 N–H and O–H groups in total. The highest BCUT2D eigenvalue weighted by Crippen LogP contribution is 2.32. The van der Waals surface area contributed by atoms with Gasteiger partial charge in [0.25, 0.3) is 0 Å². The number of hydrogen-bond acceptors (Lipinski definition) is 6. The highest BCUT2D eigenvalue weighted by molar-refractivity contribution is 5.92. The molecule has 0 spiro atoms. The molecule has 0 aromatic rings. The molecule has 2 aliphatic heterocycles. The molecule has 0 radical (unpaired) electrons. The zero-order valence-corrected chi connectivity index (χ0v) is 24.8. The molecule has 4 amide bonds. The van der Waals surface area contributed by atoms with Crippen LogP contribution in [0, 0.1) is 28.6 Å². The number of nitriles is 1. The molecule has 5 atom stereocenters. The molecular weight excluding hydrogens is 508 g/mol. The number of carbonyl (C=O) groups is 4. The SMILES string of the molecule is CC(C)=C[C@H]1CCN(C(=O)[C@@H](NCC2CCCCC2)C(C)(C)CNC(=O)[C@@H]2CCC(=O)N2)[C@@H]1C(=O)N[C@@H](C)C#N. The minimum Gasteiger partial charge on any atom is -0.354 e. The molecule has 0 unspecified atom stereocenters. The van der Waals surface area contributed by atoms with Gasteiger partial charge in [0, 0.05) is 30.8 Å². The third kappa shape index (κ3) is 8.29. The van der Waals surface area contributed by atoms with E-state index < -0.39 is 29.6 Å². The van der Waals surface area contributed by atoms with Crippen LogP contribution in [0.2, 0.25) is 0 Å². The molecule has 2 saturated heterocycles. The summed E-state index contributed by atoms with van der Waals surface area (Å²) in [5.74, 6) is -0.528. The van der Waals surface area contributed by atoms with Crippen molar-refractivity contribution in [3.05, 3.63) is 11.6 Å². The predicted molar refractivity (Wildman–Crippen MR) is 153 cm³/mol. The first kappa shape index (κ1) is 31.6. The van der Waals surface area contributed by atoms with Crippen LogP contribution in [0.15, 0.2) is 11.6 Å². The van der Waals surface area contributed by atoms with Crippen molar-refractivity contribution in [3.8, 4) is 6.07 Å². The average molecular weight is 557 g/mol. The van der Waals surface area contributed by atoms with Gasteiger partial charge in [0.2, 0.25) is 23.6 Å². The number of nitrogens with zero attached hydrogens (tertiary/aromatic N) is 2. The molecular formula is C30H48N6O4. The lowest BCUT2D eigenvalue weighted by Gasteiger charge is -2.39. The first-order valence-electron chi connectivity index (χ1n) is 14.9.